The van der Waals surface area contributed by atoms with Crippen molar-refractivity contribution in [1.29, 1.82) is 0 Å². The number of halogens is 1. The lowest BCUT2D eigenvalue weighted by Crippen LogP contribution is -2.39. The van der Waals surface area contributed by atoms with Crippen molar-refractivity contribution in [3.8, 4) is 22.5 Å². The van der Waals surface area contributed by atoms with Crippen LogP contribution in [0.1, 0.15) is 51.3 Å². The molecule has 1 aliphatic rings. The van der Waals surface area contributed by atoms with Gasteiger partial charge in [0.1, 0.15) is 5.82 Å². The second-order valence-corrected chi connectivity index (χ2v) is 13.5. The molecule has 2 aromatic carbocycles. The highest BCUT2D eigenvalue weighted by Gasteiger charge is 2.37. The van der Waals surface area contributed by atoms with Gasteiger partial charge in [0.15, 0.2) is 9.84 Å². The van der Waals surface area contributed by atoms with E-state index in [1.54, 1.807) is 37.3 Å². The van der Waals surface area contributed by atoms with E-state index in [1.165, 1.54) is 12.3 Å². The zero-order valence-electron chi connectivity index (χ0n) is 24.1. The van der Waals surface area contributed by atoms with Gasteiger partial charge in [0, 0.05) is 53.3 Å². The van der Waals surface area contributed by atoms with Gasteiger partial charge in [-0.1, -0.05) is 31.2 Å². The van der Waals surface area contributed by atoms with Gasteiger partial charge in [-0.3, -0.25) is 9.88 Å². The first kappa shape index (κ1) is 28.5. The summed E-state index contributed by atoms with van der Waals surface area (Å²) in [6, 6.07) is 16.5. The number of pyridine rings is 1. The first-order valence-electron chi connectivity index (χ1n) is 13.9. The summed E-state index contributed by atoms with van der Waals surface area (Å²) in [4.78, 5) is 7.46. The van der Waals surface area contributed by atoms with Crippen molar-refractivity contribution in [2.24, 2.45) is 7.05 Å². The molecule has 0 saturated carbocycles. The average molecular weight is 564 g/mol. The van der Waals surface area contributed by atoms with E-state index in [4.69, 9.17) is 4.98 Å². The number of aliphatic hydroxyl groups is 1. The Kier molecular flexibility index (Phi) is 7.40. The molecule has 1 saturated heterocycles. The molecule has 1 aliphatic heterocycles. The van der Waals surface area contributed by atoms with Gasteiger partial charge in [0.05, 0.1) is 21.7 Å². The number of fused-ring (bicyclic) bond motifs is 1. The van der Waals surface area contributed by atoms with Gasteiger partial charge in [-0.15, -0.1) is 0 Å². The van der Waals surface area contributed by atoms with Gasteiger partial charge >= 0.3 is 0 Å². The zero-order valence-corrected chi connectivity index (χ0v) is 24.9. The normalized spacial score (nSPS) is 19.8. The van der Waals surface area contributed by atoms with Gasteiger partial charge in [0.25, 0.3) is 0 Å². The monoisotopic (exact) mass is 563 g/mol. The minimum atomic E-state index is -3.27. The van der Waals surface area contributed by atoms with Crippen LogP contribution in [0, 0.1) is 12.7 Å². The molecule has 0 spiro atoms. The van der Waals surface area contributed by atoms with Gasteiger partial charge in [-0.2, -0.15) is 0 Å². The summed E-state index contributed by atoms with van der Waals surface area (Å²) < 4.78 is 41.3. The lowest BCUT2D eigenvalue weighted by molar-refractivity contribution is 0.0159. The molecule has 2 aromatic heterocycles. The lowest BCUT2D eigenvalue weighted by atomic mass is 9.87. The van der Waals surface area contributed by atoms with Crippen LogP contribution in [0.15, 0.2) is 59.5 Å². The number of aromatic nitrogens is 2. The number of nitrogens with zero attached hydrogens (tertiary/aromatic N) is 3. The van der Waals surface area contributed by atoms with Crippen molar-refractivity contribution in [2.45, 2.75) is 69.5 Å². The SMILES string of the molecule is CCN1C(C)CCC1CC(C)(O)c1ccc(-c2cc3c(cc(-c4ccc(S(C)(=O)=O)cc4)n3C)c(C)n2)cc1F. The minimum absolute atomic E-state index is 0.231. The van der Waals surface area contributed by atoms with E-state index in [-0.39, 0.29) is 10.9 Å². The van der Waals surface area contributed by atoms with Crippen molar-refractivity contribution < 1.29 is 17.9 Å². The Bertz CT molecular complexity index is 1680. The van der Waals surface area contributed by atoms with Crippen LogP contribution in [0.3, 0.4) is 0 Å². The number of sulfone groups is 1. The Morgan fingerprint density at radius 1 is 1.07 bits per heavy atom. The van der Waals surface area contributed by atoms with Crippen molar-refractivity contribution in [1.82, 2.24) is 14.5 Å². The Morgan fingerprint density at radius 3 is 2.38 bits per heavy atom. The predicted molar refractivity (Wildman–Crippen MR) is 158 cm³/mol. The molecule has 3 heterocycles. The summed E-state index contributed by atoms with van der Waals surface area (Å²) in [6.45, 7) is 8.91. The molecule has 0 amide bonds. The van der Waals surface area contributed by atoms with Crippen molar-refractivity contribution in [2.75, 3.05) is 12.8 Å². The molecule has 6 nitrogen and oxygen atoms in total. The van der Waals surface area contributed by atoms with Crippen LogP contribution >= 0.6 is 0 Å². The van der Waals surface area contributed by atoms with Crippen molar-refractivity contribution in [3.05, 3.63) is 71.7 Å². The molecule has 0 bridgehead atoms. The van der Waals surface area contributed by atoms with Gasteiger partial charge in [0.2, 0.25) is 0 Å². The van der Waals surface area contributed by atoms with Crippen LogP contribution in [-0.4, -0.2) is 52.9 Å². The molecular weight excluding hydrogens is 525 g/mol. The molecule has 0 radical (unpaired) electrons. The van der Waals surface area contributed by atoms with E-state index >= 15 is 4.39 Å². The molecule has 212 valence electrons. The second kappa shape index (κ2) is 10.4. The highest BCUT2D eigenvalue weighted by Crippen LogP contribution is 2.37. The molecule has 3 unspecified atom stereocenters. The summed E-state index contributed by atoms with van der Waals surface area (Å²) in [5, 5.41) is 12.3. The number of hydrogen-bond acceptors (Lipinski definition) is 5. The highest BCUT2D eigenvalue weighted by molar-refractivity contribution is 7.90. The first-order chi connectivity index (χ1) is 18.8. The molecule has 5 rings (SSSR count). The fraction of sp³-hybridized carbons (Fsp3) is 0.406. The smallest absolute Gasteiger partial charge is 0.175 e. The van der Waals surface area contributed by atoms with Gasteiger partial charge in [-0.25, -0.2) is 12.8 Å². The molecule has 1 N–H and O–H groups in total. The van der Waals surface area contributed by atoms with Gasteiger partial charge in [-0.05, 0) is 82.5 Å². The van der Waals surface area contributed by atoms with Crippen LogP contribution in [0.2, 0.25) is 0 Å². The van der Waals surface area contributed by atoms with E-state index < -0.39 is 21.3 Å². The fourth-order valence-corrected chi connectivity index (χ4v) is 7.01. The lowest BCUT2D eigenvalue weighted by Gasteiger charge is -2.33. The average Bonchev–Trinajstić information content (AvgIpc) is 3.42. The molecular formula is C32H38FN3O3S. The molecule has 1 fully saturated rings. The summed E-state index contributed by atoms with van der Waals surface area (Å²) in [6.07, 6.45) is 3.79. The second-order valence-electron chi connectivity index (χ2n) is 11.5. The summed E-state index contributed by atoms with van der Waals surface area (Å²) in [5.74, 6) is -0.435. The third kappa shape index (κ3) is 5.20. The highest BCUT2D eigenvalue weighted by atomic mass is 32.2. The number of rotatable bonds is 7. The van der Waals surface area contributed by atoms with E-state index in [0.29, 0.717) is 29.3 Å². The molecule has 40 heavy (non-hydrogen) atoms. The van der Waals surface area contributed by atoms with E-state index in [1.807, 2.05) is 36.7 Å². The topological polar surface area (TPSA) is 75.4 Å². The molecule has 4 aromatic rings. The Hall–Kier alpha value is -3.07. The van der Waals surface area contributed by atoms with Crippen molar-refractivity contribution in [3.63, 3.8) is 0 Å². The van der Waals surface area contributed by atoms with Gasteiger partial charge < -0.3 is 9.67 Å². The van der Waals surface area contributed by atoms with Crippen LogP contribution in [0.25, 0.3) is 33.4 Å². The Labute approximate surface area is 236 Å². The first-order valence-corrected chi connectivity index (χ1v) is 15.8. The number of aryl methyl sites for hydroxylation is 2. The van der Waals surface area contributed by atoms with E-state index in [9.17, 15) is 13.5 Å². The quantitative estimate of drug-likeness (QED) is 0.289. The number of benzene rings is 2. The standard InChI is InChI=1S/C32H38FN3O3S/c1-7-36-20(2)8-12-24(36)19-32(4,37)27-15-11-23(16-28(27)33)29-18-31-26(21(3)34-29)17-30(35(31)5)22-9-13-25(14-10-22)40(6,38)39/h9-11,13-18,20,24,37H,7-8,12,19H2,1-6H3. The Morgan fingerprint density at radius 2 is 1.75 bits per heavy atom. The van der Waals surface area contributed by atoms with Crippen molar-refractivity contribution >= 4 is 20.7 Å². The minimum Gasteiger partial charge on any atom is -0.385 e. The summed E-state index contributed by atoms with van der Waals surface area (Å²) >= 11 is 0. The maximum Gasteiger partial charge on any atom is 0.175 e. The Balaban J connectivity index is 1.46. The summed E-state index contributed by atoms with van der Waals surface area (Å²) in [7, 11) is -1.32. The van der Waals surface area contributed by atoms with E-state index in [2.05, 4.69) is 18.7 Å². The molecule has 8 heteroatoms. The number of hydrogen-bond donors (Lipinski definition) is 1. The van der Waals surface area contributed by atoms with Crippen LogP contribution in [0.5, 0.6) is 0 Å². The number of likely N-dealkylation sites (tertiary alicyclic amines) is 1. The fourth-order valence-electron chi connectivity index (χ4n) is 6.38. The third-order valence-corrected chi connectivity index (χ3v) is 9.73. The van der Waals surface area contributed by atoms with E-state index in [0.717, 1.165) is 47.2 Å². The third-order valence-electron chi connectivity index (χ3n) is 8.61. The molecule has 3 atom stereocenters. The maximum atomic E-state index is 15.5. The summed E-state index contributed by atoms with van der Waals surface area (Å²) in [5.41, 5.74) is 3.90. The maximum absolute atomic E-state index is 15.5. The van der Waals surface area contributed by atoms with Crippen LogP contribution < -0.4 is 0 Å². The largest absolute Gasteiger partial charge is 0.385 e. The van der Waals surface area contributed by atoms with Crippen LogP contribution in [0.4, 0.5) is 4.39 Å². The predicted octanol–water partition coefficient (Wildman–Crippen LogP) is 6.23. The molecule has 0 aliphatic carbocycles. The van der Waals surface area contributed by atoms with Crippen LogP contribution in [-0.2, 0) is 22.5 Å². The zero-order chi connectivity index (χ0) is 29.0.